The molecule has 0 saturated heterocycles. The molecule has 0 fully saturated rings. The van der Waals surface area contributed by atoms with Crippen LogP contribution in [0, 0.1) is 6.92 Å². The first kappa shape index (κ1) is 14.6. The second-order valence-electron chi connectivity index (χ2n) is 7.01. The molecule has 3 aromatic carbocycles. The molecule has 5 rings (SSSR count). The largest absolute Gasteiger partial charge is 0.485 e. The maximum absolute atomic E-state index is 6.24. The molecule has 2 heteroatoms. The lowest BCUT2D eigenvalue weighted by Gasteiger charge is -2.11. The van der Waals surface area contributed by atoms with E-state index < -0.39 is 0 Å². The molecule has 0 aromatic heterocycles. The van der Waals surface area contributed by atoms with E-state index in [4.69, 9.17) is 9.47 Å². The summed E-state index contributed by atoms with van der Waals surface area (Å²) < 4.78 is 12.5. The molecule has 2 aliphatic rings. The molecule has 25 heavy (non-hydrogen) atoms. The molecule has 124 valence electrons. The van der Waals surface area contributed by atoms with Gasteiger partial charge in [0.2, 0.25) is 0 Å². The highest BCUT2D eigenvalue weighted by molar-refractivity contribution is 5.52. The van der Waals surface area contributed by atoms with E-state index in [9.17, 15) is 0 Å². The first-order valence-corrected chi connectivity index (χ1v) is 8.87. The molecule has 0 saturated carbocycles. The van der Waals surface area contributed by atoms with Gasteiger partial charge in [-0.25, -0.2) is 0 Å². The first-order valence-electron chi connectivity index (χ1n) is 8.87. The van der Waals surface area contributed by atoms with Crippen LogP contribution in [0.1, 0.15) is 40.0 Å². The Labute approximate surface area is 148 Å². The van der Waals surface area contributed by atoms with E-state index in [1.807, 2.05) is 6.07 Å². The van der Waals surface area contributed by atoms with Gasteiger partial charge in [-0.1, -0.05) is 60.2 Å². The zero-order chi connectivity index (χ0) is 16.8. The number of benzene rings is 3. The summed E-state index contributed by atoms with van der Waals surface area (Å²) in [6, 6.07) is 23.4. The summed E-state index contributed by atoms with van der Waals surface area (Å²) in [5.41, 5.74) is 6.25. The number of ether oxygens (including phenoxy) is 2. The average Bonchev–Trinajstić information content (AvgIpc) is 3.24. The SMILES string of the molecule is Cc1ccc(C2Cc3cc4c(cc3O2)CC(c2ccccc2)O4)cc1. The molecule has 0 spiro atoms. The zero-order valence-electron chi connectivity index (χ0n) is 14.2. The van der Waals surface area contributed by atoms with E-state index in [0.29, 0.717) is 0 Å². The molecule has 0 radical (unpaired) electrons. The molecule has 0 N–H and O–H groups in total. The van der Waals surface area contributed by atoms with Gasteiger partial charge in [0, 0.05) is 24.0 Å². The monoisotopic (exact) mass is 328 g/mol. The summed E-state index contributed by atoms with van der Waals surface area (Å²) >= 11 is 0. The Bertz CT molecular complexity index is 878. The number of rotatable bonds is 2. The Balaban J connectivity index is 1.39. The van der Waals surface area contributed by atoms with Crippen molar-refractivity contribution >= 4 is 0 Å². The molecular formula is C23H20O2. The summed E-state index contributed by atoms with van der Waals surface area (Å²) in [6.07, 6.45) is 2.05. The Morgan fingerprint density at radius 1 is 0.680 bits per heavy atom. The summed E-state index contributed by atoms with van der Waals surface area (Å²) in [7, 11) is 0. The fourth-order valence-corrected chi connectivity index (χ4v) is 3.79. The third kappa shape index (κ3) is 2.58. The number of fused-ring (bicyclic) bond motifs is 2. The molecule has 2 atom stereocenters. The summed E-state index contributed by atoms with van der Waals surface area (Å²) in [4.78, 5) is 0. The fraction of sp³-hybridized carbons (Fsp3) is 0.217. The van der Waals surface area contributed by atoms with E-state index in [1.54, 1.807) is 0 Å². The normalized spacial score (nSPS) is 20.5. The maximum atomic E-state index is 6.24. The predicted molar refractivity (Wildman–Crippen MR) is 98.2 cm³/mol. The minimum absolute atomic E-state index is 0.114. The third-order valence-electron chi connectivity index (χ3n) is 5.21. The van der Waals surface area contributed by atoms with Crippen molar-refractivity contribution in [2.75, 3.05) is 0 Å². The smallest absolute Gasteiger partial charge is 0.128 e. The standard InChI is InChI=1S/C23H20O2/c1-15-7-9-17(10-8-15)21-12-19-14-22-18(13-23(19)25-21)11-20(24-22)16-5-3-2-4-6-16/h2-10,13-14,20-21H,11-12H2,1H3. The van der Waals surface area contributed by atoms with Crippen LogP contribution in [0.4, 0.5) is 0 Å². The van der Waals surface area contributed by atoms with Gasteiger partial charge in [-0.05, 0) is 30.2 Å². The fourth-order valence-electron chi connectivity index (χ4n) is 3.79. The second-order valence-corrected chi connectivity index (χ2v) is 7.01. The van der Waals surface area contributed by atoms with E-state index >= 15 is 0 Å². The minimum atomic E-state index is 0.114. The van der Waals surface area contributed by atoms with Crippen molar-refractivity contribution in [3.63, 3.8) is 0 Å². The van der Waals surface area contributed by atoms with Crippen molar-refractivity contribution in [3.05, 3.63) is 94.5 Å². The molecule has 3 aromatic rings. The quantitative estimate of drug-likeness (QED) is 0.631. The number of hydrogen-bond acceptors (Lipinski definition) is 2. The molecular weight excluding hydrogens is 308 g/mol. The zero-order valence-corrected chi connectivity index (χ0v) is 14.2. The lowest BCUT2D eigenvalue weighted by Crippen LogP contribution is -2.03. The Morgan fingerprint density at radius 3 is 1.76 bits per heavy atom. The molecule has 2 aliphatic heterocycles. The van der Waals surface area contributed by atoms with E-state index in [-0.39, 0.29) is 12.2 Å². The maximum Gasteiger partial charge on any atom is 0.128 e. The van der Waals surface area contributed by atoms with Crippen molar-refractivity contribution in [1.82, 2.24) is 0 Å². The summed E-state index contributed by atoms with van der Waals surface area (Å²) in [5, 5.41) is 0. The Hall–Kier alpha value is -2.74. The van der Waals surface area contributed by atoms with Crippen molar-refractivity contribution < 1.29 is 9.47 Å². The van der Waals surface area contributed by atoms with Crippen LogP contribution in [-0.4, -0.2) is 0 Å². The highest BCUT2D eigenvalue weighted by Crippen LogP contribution is 2.45. The summed E-state index contributed by atoms with van der Waals surface area (Å²) in [5.74, 6) is 2.03. The van der Waals surface area contributed by atoms with Crippen LogP contribution < -0.4 is 9.47 Å². The van der Waals surface area contributed by atoms with Crippen LogP contribution in [0.2, 0.25) is 0 Å². The van der Waals surface area contributed by atoms with Crippen molar-refractivity contribution in [3.8, 4) is 11.5 Å². The Morgan fingerprint density at radius 2 is 1.20 bits per heavy atom. The topological polar surface area (TPSA) is 18.5 Å². The third-order valence-corrected chi connectivity index (χ3v) is 5.21. The molecule has 0 bridgehead atoms. The van der Waals surface area contributed by atoms with Gasteiger partial charge in [0.05, 0.1) is 0 Å². The van der Waals surface area contributed by atoms with E-state index in [0.717, 1.165) is 24.3 Å². The van der Waals surface area contributed by atoms with Crippen LogP contribution >= 0.6 is 0 Å². The van der Waals surface area contributed by atoms with Gasteiger partial charge in [-0.3, -0.25) is 0 Å². The van der Waals surface area contributed by atoms with Gasteiger partial charge in [-0.2, -0.15) is 0 Å². The van der Waals surface area contributed by atoms with Crippen molar-refractivity contribution in [2.45, 2.75) is 32.0 Å². The highest BCUT2D eigenvalue weighted by atomic mass is 16.5. The number of hydrogen-bond donors (Lipinski definition) is 0. The summed E-state index contributed by atoms with van der Waals surface area (Å²) in [6.45, 7) is 2.11. The molecule has 0 aliphatic carbocycles. The van der Waals surface area contributed by atoms with Crippen molar-refractivity contribution in [1.29, 1.82) is 0 Å². The van der Waals surface area contributed by atoms with Gasteiger partial charge in [-0.15, -0.1) is 0 Å². The van der Waals surface area contributed by atoms with Gasteiger partial charge in [0.25, 0.3) is 0 Å². The van der Waals surface area contributed by atoms with Gasteiger partial charge >= 0.3 is 0 Å². The Kier molecular flexibility index (Phi) is 3.30. The van der Waals surface area contributed by atoms with Crippen molar-refractivity contribution in [2.24, 2.45) is 0 Å². The van der Waals surface area contributed by atoms with E-state index in [2.05, 4.69) is 67.6 Å². The highest BCUT2D eigenvalue weighted by Gasteiger charge is 2.30. The average molecular weight is 328 g/mol. The lowest BCUT2D eigenvalue weighted by atomic mass is 10.00. The van der Waals surface area contributed by atoms with Crippen LogP contribution in [0.15, 0.2) is 66.7 Å². The van der Waals surface area contributed by atoms with E-state index in [1.165, 1.54) is 27.8 Å². The van der Waals surface area contributed by atoms with Gasteiger partial charge < -0.3 is 9.47 Å². The minimum Gasteiger partial charge on any atom is -0.485 e. The van der Waals surface area contributed by atoms with Crippen LogP contribution in [0.5, 0.6) is 11.5 Å². The number of aryl methyl sites for hydroxylation is 1. The molecule has 2 heterocycles. The second kappa shape index (κ2) is 5.66. The first-order chi connectivity index (χ1) is 12.3. The molecule has 2 unspecified atom stereocenters. The van der Waals surface area contributed by atoms with Gasteiger partial charge in [0.15, 0.2) is 0 Å². The molecule has 2 nitrogen and oxygen atoms in total. The van der Waals surface area contributed by atoms with Crippen LogP contribution in [-0.2, 0) is 12.8 Å². The predicted octanol–water partition coefficient (Wildman–Crippen LogP) is 5.35. The lowest BCUT2D eigenvalue weighted by molar-refractivity contribution is 0.237. The van der Waals surface area contributed by atoms with Crippen LogP contribution in [0.3, 0.4) is 0 Å². The van der Waals surface area contributed by atoms with Crippen LogP contribution in [0.25, 0.3) is 0 Å². The molecule has 0 amide bonds. The van der Waals surface area contributed by atoms with Gasteiger partial charge in [0.1, 0.15) is 23.7 Å².